The summed E-state index contributed by atoms with van der Waals surface area (Å²) in [5, 5.41) is 26.0. The normalized spacial score (nSPS) is 17.9. The van der Waals surface area contributed by atoms with Crippen LogP contribution < -0.4 is 53.9 Å². The van der Waals surface area contributed by atoms with Gasteiger partial charge in [-0.15, -0.1) is 0 Å². The zero-order valence-corrected chi connectivity index (χ0v) is 39.8. The molecule has 1 amide bonds. The number of carbonyl (C=O) groups excluding carboxylic acids is 2. The van der Waals surface area contributed by atoms with E-state index in [2.05, 4.69) is 66.8 Å². The van der Waals surface area contributed by atoms with E-state index in [0.717, 1.165) is 107 Å². The molecule has 2 spiro atoms. The number of fused-ring (bicyclic) bond motifs is 1. The third kappa shape index (κ3) is 10.1. The number of carboxylic acids is 1. The first-order valence-corrected chi connectivity index (χ1v) is 23.4. The number of aromatic nitrogens is 7. The number of rotatable bonds is 14. The Kier molecular flexibility index (Phi) is 13.3. The molecule has 1 atom stereocenters. The fraction of sp³-hybridized carbons (Fsp3) is 0.431. The Morgan fingerprint density at radius 3 is 1.88 bits per heavy atom. The van der Waals surface area contributed by atoms with Crippen molar-refractivity contribution in [3.05, 3.63) is 130 Å². The minimum absolute atomic E-state index is 0. The number of amides is 1. The van der Waals surface area contributed by atoms with E-state index in [4.69, 9.17) is 19.4 Å². The van der Waals surface area contributed by atoms with Gasteiger partial charge in [0, 0.05) is 79.9 Å². The van der Waals surface area contributed by atoms with Gasteiger partial charge in [0.2, 0.25) is 0 Å². The summed E-state index contributed by atoms with van der Waals surface area (Å²) >= 11 is 0. The summed E-state index contributed by atoms with van der Waals surface area (Å²) in [5.74, 6) is 3.12. The summed E-state index contributed by atoms with van der Waals surface area (Å²) in [4.78, 5) is 43.1. The molecule has 2 saturated carbocycles. The van der Waals surface area contributed by atoms with Crippen LogP contribution in [0.2, 0.25) is 0 Å². The Morgan fingerprint density at radius 1 is 0.765 bits per heavy atom. The summed E-state index contributed by atoms with van der Waals surface area (Å²) in [6, 6.07) is 16.1. The van der Waals surface area contributed by atoms with Crippen LogP contribution in [0.25, 0.3) is 0 Å². The van der Waals surface area contributed by atoms with Crippen molar-refractivity contribution in [2.45, 2.75) is 90.9 Å². The van der Waals surface area contributed by atoms with Crippen LogP contribution in [0.5, 0.6) is 11.5 Å². The predicted molar refractivity (Wildman–Crippen MR) is 252 cm³/mol. The average molecular weight is 912 g/mol. The van der Waals surface area contributed by atoms with Gasteiger partial charge < -0.3 is 39.8 Å². The van der Waals surface area contributed by atoms with Crippen molar-refractivity contribution in [1.29, 1.82) is 0 Å². The number of benzene rings is 1. The van der Waals surface area contributed by atoms with Crippen LogP contribution in [-0.2, 0) is 26.1 Å². The van der Waals surface area contributed by atoms with Gasteiger partial charge >= 0.3 is 18.9 Å². The maximum Gasteiger partial charge on any atom is 1.00 e. The largest absolute Gasteiger partial charge is 1.00 e. The third-order valence-corrected chi connectivity index (χ3v) is 14.6. The molecule has 348 valence electrons. The summed E-state index contributed by atoms with van der Waals surface area (Å²) in [6.45, 7) is 10.2. The Balaban J connectivity index is 0.000000202. The Hall–Kier alpha value is -6.37. The predicted octanol–water partition coefficient (Wildman–Crippen LogP) is 3.06. The van der Waals surface area contributed by atoms with Crippen LogP contribution >= 0.6 is 0 Å². The molecule has 3 aliphatic carbocycles. The van der Waals surface area contributed by atoms with Gasteiger partial charge in [0.1, 0.15) is 29.0 Å². The van der Waals surface area contributed by atoms with E-state index < -0.39 is 5.97 Å². The Morgan fingerprint density at radius 2 is 1.35 bits per heavy atom. The van der Waals surface area contributed by atoms with Crippen molar-refractivity contribution in [1.82, 2.24) is 39.8 Å². The van der Waals surface area contributed by atoms with Crippen LogP contribution in [0, 0.1) is 24.7 Å². The number of pyridine rings is 3. The number of aromatic carboxylic acids is 1. The maximum atomic E-state index is 13.3. The van der Waals surface area contributed by atoms with Gasteiger partial charge in [0.25, 0.3) is 5.91 Å². The third-order valence-electron chi connectivity index (χ3n) is 14.6. The standard InChI is InChI=1S/C34H39N7O3.C17H20N4O2.Li/c1-22-24(5-9-31(38-22)40-15-13-34(21-40)11-12-34)19-41-20-25(18-37-41)33(42)39-29-8-7-28-27(29)10-14-35-32(28)36-17-23-4-6-26(43-2)16-30(23)44-3;1-12-13(9-21-10-14(8-18-21)16(22)23)2-3-15(19-12)20-7-6-17(11-20)4-5-17;/h4-6,9-10,14,16,18,20,29H,7-8,11-13,15,17,19,21H2,1-3H3,(H,35,36)(H,39,42);2-3,8,10H,4-7,9,11H2,1H3,(H,22,23);/q;;+1/p-1/t29-;;/m1../s1. The second-order valence-electron chi connectivity index (χ2n) is 19.1. The van der Waals surface area contributed by atoms with Gasteiger partial charge in [-0.3, -0.25) is 14.2 Å². The second kappa shape index (κ2) is 19.3. The van der Waals surface area contributed by atoms with Crippen molar-refractivity contribution in [2.24, 2.45) is 10.8 Å². The van der Waals surface area contributed by atoms with Gasteiger partial charge in [-0.25, -0.2) is 15.0 Å². The van der Waals surface area contributed by atoms with Gasteiger partial charge in [0.15, 0.2) is 0 Å². The minimum atomic E-state index is -1.20. The van der Waals surface area contributed by atoms with E-state index in [0.29, 0.717) is 36.0 Å². The molecule has 2 aliphatic heterocycles. The first kappa shape index (κ1) is 46.7. The molecular weight excluding hydrogens is 854 g/mol. The number of hydrogen-bond acceptors (Lipinski definition) is 13. The van der Waals surface area contributed by atoms with E-state index >= 15 is 0 Å². The first-order chi connectivity index (χ1) is 32.5. The molecular formula is C51H58LiN11O5. The van der Waals surface area contributed by atoms with E-state index in [9.17, 15) is 14.7 Å². The molecule has 6 aromatic rings. The van der Waals surface area contributed by atoms with Crippen molar-refractivity contribution in [2.75, 3.05) is 55.5 Å². The first-order valence-electron chi connectivity index (χ1n) is 23.4. The van der Waals surface area contributed by atoms with E-state index in [1.54, 1.807) is 31.3 Å². The minimum Gasteiger partial charge on any atom is -0.545 e. The number of anilines is 3. The van der Waals surface area contributed by atoms with E-state index in [-0.39, 0.29) is 36.4 Å². The van der Waals surface area contributed by atoms with Crippen LogP contribution in [0.15, 0.2) is 79.5 Å². The summed E-state index contributed by atoms with van der Waals surface area (Å²) in [6.07, 6.45) is 17.7. The topological polar surface area (TPSA) is 181 Å². The number of carboxylic acid groups (broad SMARTS) is 1. The quantitative estimate of drug-likeness (QED) is 0.153. The SMILES string of the molecule is COc1ccc(CNc2nccc3c2CC[C@H]3NC(=O)c2cnn(Cc3ccc(N4CCC5(CC5)C4)nc3C)c2)c(OC)c1.Cc1nc(N2CCC3(CC3)C2)ccc1Cn1cc(C(=O)[O-])cn1.[Li+]. The number of carbonyl (C=O) groups is 2. The molecule has 0 unspecified atom stereocenters. The molecule has 2 N–H and O–H groups in total. The van der Waals surface area contributed by atoms with Crippen LogP contribution in [0.4, 0.5) is 17.5 Å². The van der Waals surface area contributed by atoms with E-state index in [1.807, 2.05) is 42.1 Å². The number of nitrogens with one attached hydrogen (secondary N) is 2. The maximum absolute atomic E-state index is 13.3. The van der Waals surface area contributed by atoms with Gasteiger partial charge in [-0.1, -0.05) is 12.1 Å². The zero-order chi connectivity index (χ0) is 46.3. The van der Waals surface area contributed by atoms with Crippen molar-refractivity contribution >= 4 is 29.3 Å². The number of hydrogen-bond donors (Lipinski definition) is 2. The molecule has 17 heteroatoms. The summed E-state index contributed by atoms with van der Waals surface area (Å²) in [7, 11) is 3.29. The van der Waals surface area contributed by atoms with E-state index in [1.165, 1.54) is 50.9 Å². The molecule has 11 rings (SSSR count). The van der Waals surface area contributed by atoms with Gasteiger partial charge in [-0.05, 0) is 129 Å². The number of nitrogens with zero attached hydrogens (tertiary/aromatic N) is 9. The van der Waals surface area contributed by atoms with Gasteiger partial charge in [0.05, 0.1) is 57.3 Å². The molecule has 5 aliphatic rings. The van der Waals surface area contributed by atoms with Crippen molar-refractivity contribution < 1.29 is 43.0 Å². The van der Waals surface area contributed by atoms with Crippen LogP contribution in [0.1, 0.15) is 111 Å². The molecule has 2 saturated heterocycles. The van der Waals surface area contributed by atoms with Crippen molar-refractivity contribution in [3.8, 4) is 11.5 Å². The Labute approximate surface area is 409 Å². The van der Waals surface area contributed by atoms with Crippen LogP contribution in [0.3, 0.4) is 0 Å². The Bertz CT molecular complexity index is 2820. The van der Waals surface area contributed by atoms with Crippen LogP contribution in [-0.4, -0.2) is 86.8 Å². The van der Waals surface area contributed by atoms with Crippen molar-refractivity contribution in [3.63, 3.8) is 0 Å². The molecule has 0 radical (unpaired) electrons. The number of ether oxygens (including phenoxy) is 2. The van der Waals surface area contributed by atoms with Gasteiger partial charge in [-0.2, -0.15) is 10.2 Å². The number of aryl methyl sites for hydroxylation is 2. The zero-order valence-electron chi connectivity index (χ0n) is 39.8. The fourth-order valence-electron chi connectivity index (χ4n) is 10.0. The molecule has 1 aromatic carbocycles. The molecule has 16 nitrogen and oxygen atoms in total. The average Bonchev–Trinajstić information content (AvgIpc) is 3.76. The smallest absolute Gasteiger partial charge is 0.545 e. The monoisotopic (exact) mass is 911 g/mol. The molecule has 68 heavy (non-hydrogen) atoms. The molecule has 5 aromatic heterocycles. The molecule has 4 fully saturated rings. The summed E-state index contributed by atoms with van der Waals surface area (Å²) in [5.41, 5.74) is 9.16. The fourth-order valence-corrected chi connectivity index (χ4v) is 10.0. The molecule has 7 heterocycles. The second-order valence-corrected chi connectivity index (χ2v) is 19.1. The molecule has 0 bridgehead atoms. The summed E-state index contributed by atoms with van der Waals surface area (Å²) < 4.78 is 14.3. The number of methoxy groups -OCH3 is 2.